The van der Waals surface area contributed by atoms with Crippen LogP contribution in [0.4, 0.5) is 8.78 Å². The molecule has 7 nitrogen and oxygen atoms in total. The number of amides is 1. The normalized spacial score (nSPS) is 15.6. The van der Waals surface area contributed by atoms with Crippen molar-refractivity contribution >= 4 is 16.9 Å². The lowest BCUT2D eigenvalue weighted by atomic mass is 10.1. The van der Waals surface area contributed by atoms with Crippen LogP contribution >= 0.6 is 0 Å². The van der Waals surface area contributed by atoms with Crippen LogP contribution in [-0.4, -0.2) is 43.6 Å². The molecule has 1 saturated heterocycles. The second-order valence-corrected chi connectivity index (χ2v) is 8.08. The number of hydrogen-bond acceptors (Lipinski definition) is 5. The summed E-state index contributed by atoms with van der Waals surface area (Å²) >= 11 is 0. The summed E-state index contributed by atoms with van der Waals surface area (Å²) < 4.78 is 36.1. The van der Waals surface area contributed by atoms with Gasteiger partial charge in [-0.25, -0.2) is 23.4 Å². The molecule has 0 radical (unpaired) electrons. The number of rotatable bonds is 5. The number of aryl methyl sites for hydroxylation is 1. The zero-order chi connectivity index (χ0) is 23.8. The number of carbonyl (C=O) groups excluding carboxylic acids is 1. The molecule has 1 amide bonds. The van der Waals surface area contributed by atoms with E-state index in [1.54, 1.807) is 27.8 Å². The van der Waals surface area contributed by atoms with E-state index in [1.165, 1.54) is 36.7 Å². The highest BCUT2D eigenvalue weighted by molar-refractivity contribution is 5.93. The quantitative estimate of drug-likeness (QED) is 0.398. The molecule has 9 heteroatoms. The molecule has 0 spiro atoms. The van der Waals surface area contributed by atoms with Gasteiger partial charge in [-0.15, -0.1) is 0 Å². The van der Waals surface area contributed by atoms with E-state index in [0.29, 0.717) is 41.9 Å². The Bertz CT molecular complexity index is 1420. The zero-order valence-corrected chi connectivity index (χ0v) is 18.4. The number of hydrogen-bond donors (Lipinski definition) is 0. The fraction of sp³-hybridized carbons (Fsp3) is 0.200. The predicted molar refractivity (Wildman–Crippen MR) is 122 cm³/mol. The minimum atomic E-state index is -0.543. The molecule has 172 valence electrons. The summed E-state index contributed by atoms with van der Waals surface area (Å²) in [5.41, 5.74) is 1.93. The maximum atomic E-state index is 15.3. The van der Waals surface area contributed by atoms with Crippen molar-refractivity contribution in [3.05, 3.63) is 78.8 Å². The molecule has 1 aliphatic heterocycles. The molecule has 2 aromatic heterocycles. The third-order valence-corrected chi connectivity index (χ3v) is 5.90. The van der Waals surface area contributed by atoms with Gasteiger partial charge in [-0.2, -0.15) is 5.10 Å². The Morgan fingerprint density at radius 3 is 2.76 bits per heavy atom. The van der Waals surface area contributed by atoms with Crippen molar-refractivity contribution in [2.24, 2.45) is 0 Å². The summed E-state index contributed by atoms with van der Waals surface area (Å²) in [7, 11) is 0. The average Bonchev–Trinajstić information content (AvgIpc) is 3.45. The van der Waals surface area contributed by atoms with E-state index in [-0.39, 0.29) is 29.0 Å². The summed E-state index contributed by atoms with van der Waals surface area (Å²) in [6, 6.07) is 9.95. The topological polar surface area (TPSA) is 73.1 Å². The van der Waals surface area contributed by atoms with Gasteiger partial charge in [-0.3, -0.25) is 4.79 Å². The van der Waals surface area contributed by atoms with Crippen molar-refractivity contribution in [3.63, 3.8) is 0 Å². The van der Waals surface area contributed by atoms with Gasteiger partial charge in [0.05, 0.1) is 17.1 Å². The molecule has 34 heavy (non-hydrogen) atoms. The van der Waals surface area contributed by atoms with Crippen LogP contribution in [0.25, 0.3) is 22.3 Å². The first-order chi connectivity index (χ1) is 16.4. The van der Waals surface area contributed by atoms with E-state index >= 15 is 4.39 Å². The molecule has 5 rings (SSSR count). The number of benzene rings is 2. The molecule has 0 unspecified atom stereocenters. The third kappa shape index (κ3) is 3.89. The van der Waals surface area contributed by atoms with Crippen LogP contribution in [0, 0.1) is 18.6 Å². The van der Waals surface area contributed by atoms with Crippen LogP contribution in [-0.2, 0) is 4.79 Å². The molecule has 1 atom stereocenters. The maximum Gasteiger partial charge on any atom is 0.246 e. The van der Waals surface area contributed by atoms with Crippen molar-refractivity contribution in [3.8, 4) is 22.8 Å². The van der Waals surface area contributed by atoms with Crippen molar-refractivity contribution in [2.75, 3.05) is 13.1 Å². The lowest BCUT2D eigenvalue weighted by Gasteiger charge is -2.14. The van der Waals surface area contributed by atoms with Gasteiger partial charge in [0.1, 0.15) is 35.2 Å². The van der Waals surface area contributed by atoms with Crippen LogP contribution in [0.5, 0.6) is 11.5 Å². The Morgan fingerprint density at radius 2 is 2.00 bits per heavy atom. The minimum Gasteiger partial charge on any atom is -0.457 e. The SMILES string of the molecule is C=CC(=O)N1CC[C@@H](n2nc(-c3ccc(Oc4cccc(F)c4)cc3F)c3c(C)ncnc32)C1. The van der Waals surface area contributed by atoms with Crippen molar-refractivity contribution in [1.82, 2.24) is 24.6 Å². The first kappa shape index (κ1) is 21.7. The maximum absolute atomic E-state index is 15.3. The molecule has 1 fully saturated rings. The molecule has 0 N–H and O–H groups in total. The summed E-state index contributed by atoms with van der Waals surface area (Å²) in [6.07, 6.45) is 3.44. The molecule has 3 heterocycles. The van der Waals surface area contributed by atoms with E-state index < -0.39 is 11.6 Å². The molecular formula is C25H21F2N5O2. The van der Waals surface area contributed by atoms with E-state index in [1.807, 2.05) is 6.92 Å². The molecule has 4 aromatic rings. The average molecular weight is 461 g/mol. The number of aromatic nitrogens is 4. The minimum absolute atomic E-state index is 0.104. The van der Waals surface area contributed by atoms with E-state index in [0.717, 1.165) is 0 Å². The van der Waals surface area contributed by atoms with Gasteiger partial charge in [-0.1, -0.05) is 12.6 Å². The fourth-order valence-electron chi connectivity index (χ4n) is 4.25. The van der Waals surface area contributed by atoms with E-state index in [9.17, 15) is 9.18 Å². The molecular weight excluding hydrogens is 440 g/mol. The van der Waals surface area contributed by atoms with Gasteiger partial charge < -0.3 is 9.64 Å². The van der Waals surface area contributed by atoms with Gasteiger partial charge in [0.15, 0.2) is 5.65 Å². The Hall–Kier alpha value is -4.14. The highest BCUT2D eigenvalue weighted by Crippen LogP contribution is 2.35. The predicted octanol–water partition coefficient (Wildman–Crippen LogP) is 4.83. The molecule has 1 aliphatic rings. The molecule has 0 saturated carbocycles. The van der Waals surface area contributed by atoms with Gasteiger partial charge in [-0.05, 0) is 43.7 Å². The van der Waals surface area contributed by atoms with Crippen molar-refractivity contribution < 1.29 is 18.3 Å². The number of likely N-dealkylation sites (tertiary alicyclic amines) is 1. The number of carbonyl (C=O) groups is 1. The molecule has 0 bridgehead atoms. The number of fused-ring (bicyclic) bond motifs is 1. The third-order valence-electron chi connectivity index (χ3n) is 5.90. The summed E-state index contributed by atoms with van der Waals surface area (Å²) in [6.45, 7) is 6.42. The zero-order valence-electron chi connectivity index (χ0n) is 18.4. The standard InChI is InChI=1S/C25H21F2N5O2/c1-3-22(33)31-10-9-17(13-31)32-25-23(15(2)28-14-29-25)24(30-32)20-8-7-19(12-21(20)27)34-18-6-4-5-16(26)11-18/h3-8,11-12,14,17H,1,9-10,13H2,2H3/t17-/m1/s1. The first-order valence-corrected chi connectivity index (χ1v) is 10.8. The van der Waals surface area contributed by atoms with Gasteiger partial charge in [0.25, 0.3) is 0 Å². The van der Waals surface area contributed by atoms with E-state index in [4.69, 9.17) is 9.84 Å². The van der Waals surface area contributed by atoms with Crippen LogP contribution in [0.3, 0.4) is 0 Å². The first-order valence-electron chi connectivity index (χ1n) is 10.8. The molecule has 0 aliphatic carbocycles. The second kappa shape index (κ2) is 8.66. The van der Waals surface area contributed by atoms with Crippen molar-refractivity contribution in [1.29, 1.82) is 0 Å². The smallest absolute Gasteiger partial charge is 0.246 e. The summed E-state index contributed by atoms with van der Waals surface area (Å²) in [5, 5.41) is 5.38. The van der Waals surface area contributed by atoms with Gasteiger partial charge >= 0.3 is 0 Å². The number of halogens is 2. The number of ether oxygens (including phenoxy) is 1. The Morgan fingerprint density at radius 1 is 1.18 bits per heavy atom. The van der Waals surface area contributed by atoms with Crippen LogP contribution < -0.4 is 4.74 Å². The fourth-order valence-corrected chi connectivity index (χ4v) is 4.25. The van der Waals surface area contributed by atoms with Gasteiger partial charge in [0.2, 0.25) is 5.91 Å². The monoisotopic (exact) mass is 461 g/mol. The summed E-state index contributed by atoms with van der Waals surface area (Å²) in [4.78, 5) is 22.4. The Balaban J connectivity index is 1.53. The Labute approximate surface area is 194 Å². The lowest BCUT2D eigenvalue weighted by molar-refractivity contribution is -0.125. The van der Waals surface area contributed by atoms with Gasteiger partial charge in [0, 0.05) is 30.8 Å². The Kier molecular flexibility index (Phi) is 5.53. The lowest BCUT2D eigenvalue weighted by Crippen LogP contribution is -2.27. The van der Waals surface area contributed by atoms with Crippen molar-refractivity contribution in [2.45, 2.75) is 19.4 Å². The van der Waals surface area contributed by atoms with Crippen LogP contribution in [0.1, 0.15) is 18.2 Å². The van der Waals surface area contributed by atoms with Crippen LogP contribution in [0.2, 0.25) is 0 Å². The largest absolute Gasteiger partial charge is 0.457 e. The molecule has 2 aromatic carbocycles. The highest BCUT2D eigenvalue weighted by atomic mass is 19.1. The van der Waals surface area contributed by atoms with Crippen LogP contribution in [0.15, 0.2) is 61.4 Å². The summed E-state index contributed by atoms with van der Waals surface area (Å²) in [5.74, 6) is -0.616. The van der Waals surface area contributed by atoms with E-state index in [2.05, 4.69) is 16.5 Å². The highest BCUT2D eigenvalue weighted by Gasteiger charge is 2.30. The second-order valence-electron chi connectivity index (χ2n) is 8.08. The number of nitrogens with zero attached hydrogens (tertiary/aromatic N) is 5.